The van der Waals surface area contributed by atoms with Crippen molar-refractivity contribution in [3.63, 3.8) is 0 Å². The highest BCUT2D eigenvalue weighted by molar-refractivity contribution is 7.09. The third-order valence-corrected chi connectivity index (χ3v) is 1.89. The Hall–Kier alpha value is -1.28. The number of hydrogen-bond donors (Lipinski definition) is 1. The number of halogens is 2. The van der Waals surface area contributed by atoms with E-state index in [1.807, 2.05) is 0 Å². The molecule has 6 nitrogen and oxygen atoms in total. The van der Waals surface area contributed by atoms with E-state index in [0.717, 1.165) is 11.5 Å². The number of aromatic nitrogens is 2. The molecular weight excluding hydrogens is 247 g/mol. The van der Waals surface area contributed by atoms with Gasteiger partial charge in [-0.2, -0.15) is 9.36 Å². The Balaban J connectivity index is 2.83. The van der Waals surface area contributed by atoms with E-state index in [-0.39, 0.29) is 23.3 Å². The van der Waals surface area contributed by atoms with E-state index in [1.165, 1.54) is 0 Å². The second-order valence-electron chi connectivity index (χ2n) is 2.19. The van der Waals surface area contributed by atoms with Crippen molar-refractivity contribution in [2.75, 3.05) is 19.0 Å². The Labute approximate surface area is 93.0 Å². The van der Waals surface area contributed by atoms with E-state index in [4.69, 9.17) is 17.3 Å². The summed E-state index contributed by atoms with van der Waals surface area (Å²) in [6.07, 6.45) is 0. The van der Waals surface area contributed by atoms with Crippen molar-refractivity contribution in [2.45, 2.75) is 0 Å². The average molecular weight is 253 g/mol. The normalized spacial score (nSPS) is 11.5. The molecule has 15 heavy (non-hydrogen) atoms. The van der Waals surface area contributed by atoms with Gasteiger partial charge in [-0.15, -0.1) is 0 Å². The van der Waals surface area contributed by atoms with E-state index in [2.05, 4.69) is 19.4 Å². The molecule has 0 amide bonds. The highest BCUT2D eigenvalue weighted by Crippen LogP contribution is 2.08. The van der Waals surface area contributed by atoms with Crippen LogP contribution in [0.25, 0.3) is 0 Å². The zero-order valence-corrected chi connectivity index (χ0v) is 8.89. The molecule has 0 radical (unpaired) electrons. The Morgan fingerprint density at radius 2 is 2.47 bits per heavy atom. The second kappa shape index (κ2) is 5.56. The molecule has 1 heterocycles. The van der Waals surface area contributed by atoms with Crippen LogP contribution in [0.4, 0.5) is 9.52 Å². The lowest BCUT2D eigenvalue weighted by atomic mass is 10.4. The maximum absolute atomic E-state index is 11.7. The highest BCUT2D eigenvalue weighted by Gasteiger charge is 2.17. The first-order valence-corrected chi connectivity index (χ1v) is 4.85. The topological polar surface area (TPSA) is 90.5 Å². The van der Waals surface area contributed by atoms with Crippen molar-refractivity contribution in [1.29, 1.82) is 0 Å². The molecule has 0 spiro atoms. The van der Waals surface area contributed by atoms with Gasteiger partial charge in [0, 0.05) is 11.5 Å². The zero-order valence-electron chi connectivity index (χ0n) is 7.31. The summed E-state index contributed by atoms with van der Waals surface area (Å²) in [7, 11) is 0. The van der Waals surface area contributed by atoms with Crippen LogP contribution in [-0.4, -0.2) is 33.6 Å². The Morgan fingerprint density at radius 3 is 2.93 bits per heavy atom. The number of rotatable bonds is 5. The molecule has 0 aliphatic carbocycles. The van der Waals surface area contributed by atoms with Crippen molar-refractivity contribution >= 4 is 39.2 Å². The van der Waals surface area contributed by atoms with Crippen LogP contribution in [0, 0.1) is 0 Å². The Morgan fingerprint density at radius 1 is 1.73 bits per heavy atom. The number of nitrogen functional groups attached to an aromatic ring is 1. The second-order valence-corrected chi connectivity index (χ2v) is 3.32. The lowest BCUT2D eigenvalue weighted by Gasteiger charge is -1.96. The van der Waals surface area contributed by atoms with Crippen LogP contribution in [0.5, 0.6) is 0 Å². The van der Waals surface area contributed by atoms with Crippen molar-refractivity contribution in [3.8, 4) is 0 Å². The highest BCUT2D eigenvalue weighted by atomic mass is 35.5. The Bertz CT molecular complexity index is 383. The molecule has 0 aliphatic rings. The molecular formula is C6H6ClFN4O2S. The van der Waals surface area contributed by atoms with Gasteiger partial charge >= 0.3 is 0 Å². The number of carbonyl (C=O) groups excluding carboxylic acids is 1. The van der Waals surface area contributed by atoms with E-state index in [0.29, 0.717) is 0 Å². The van der Waals surface area contributed by atoms with Crippen molar-refractivity contribution in [1.82, 2.24) is 9.36 Å². The summed E-state index contributed by atoms with van der Waals surface area (Å²) >= 11 is 6.09. The van der Waals surface area contributed by atoms with Gasteiger partial charge in [-0.1, -0.05) is 5.16 Å². The van der Waals surface area contributed by atoms with Gasteiger partial charge in [-0.05, 0) is 11.6 Å². The number of nitrogens with two attached hydrogens (primary N) is 1. The van der Waals surface area contributed by atoms with Crippen LogP contribution in [0.2, 0.25) is 0 Å². The minimum Gasteiger partial charge on any atom is -0.392 e. The third kappa shape index (κ3) is 3.40. The molecule has 1 aromatic rings. The lowest BCUT2D eigenvalue weighted by Crippen LogP contribution is -2.12. The van der Waals surface area contributed by atoms with Gasteiger partial charge in [0.1, 0.15) is 13.3 Å². The van der Waals surface area contributed by atoms with E-state index in [9.17, 15) is 9.18 Å². The number of anilines is 1. The van der Waals surface area contributed by atoms with Crippen LogP contribution in [0.3, 0.4) is 0 Å². The quantitative estimate of drug-likeness (QED) is 0.358. The van der Waals surface area contributed by atoms with E-state index in [1.54, 1.807) is 0 Å². The molecule has 9 heteroatoms. The fraction of sp³-hybridized carbons (Fsp3) is 0.333. The van der Waals surface area contributed by atoms with Crippen LogP contribution >= 0.6 is 23.1 Å². The van der Waals surface area contributed by atoms with Crippen LogP contribution in [-0.2, 0) is 9.63 Å². The van der Waals surface area contributed by atoms with Crippen LogP contribution < -0.4 is 5.73 Å². The molecule has 0 unspecified atom stereocenters. The van der Waals surface area contributed by atoms with Gasteiger partial charge in [0.2, 0.25) is 11.5 Å². The summed E-state index contributed by atoms with van der Waals surface area (Å²) in [5.74, 6) is -0.0311. The van der Waals surface area contributed by atoms with E-state index < -0.39 is 11.9 Å². The number of carbonyl (C=O) groups is 1. The summed E-state index contributed by atoms with van der Waals surface area (Å²) in [5.41, 5.74) is 5.01. The molecule has 0 aliphatic heterocycles. The van der Waals surface area contributed by atoms with Gasteiger partial charge in [-0.3, -0.25) is 4.79 Å². The maximum atomic E-state index is 11.7. The number of alkyl halides is 1. The molecule has 2 N–H and O–H groups in total. The first kappa shape index (κ1) is 11.8. The largest absolute Gasteiger partial charge is 0.392 e. The number of oxime groups is 1. The van der Waals surface area contributed by atoms with E-state index >= 15 is 0 Å². The Kier molecular flexibility index (Phi) is 4.37. The molecule has 0 saturated carbocycles. The maximum Gasteiger partial charge on any atom is 0.278 e. The molecule has 82 valence electrons. The van der Waals surface area contributed by atoms with Crippen molar-refractivity contribution < 1.29 is 14.0 Å². The molecule has 1 rings (SSSR count). The minimum absolute atomic E-state index is 0.0311. The molecule has 1 aromatic heterocycles. The van der Waals surface area contributed by atoms with Gasteiger partial charge in [-0.25, -0.2) is 4.39 Å². The van der Waals surface area contributed by atoms with Crippen LogP contribution in [0.15, 0.2) is 5.16 Å². The summed E-state index contributed by atoms with van der Waals surface area (Å²) in [6.45, 7) is -0.993. The first-order chi connectivity index (χ1) is 7.15. The molecule has 0 bridgehead atoms. The fourth-order valence-corrected chi connectivity index (χ4v) is 1.19. The summed E-state index contributed by atoms with van der Waals surface area (Å²) in [6, 6.07) is 0. The molecule has 0 saturated heterocycles. The minimum atomic E-state index is -0.897. The standard InChI is InChI=1S/C6H6ClFN4O2S/c7-4(13)3(11-14-2-1-8)5-10-6(9)15-12-5/h1-2H2,(H2,9,10,12)/b11-3+. The average Bonchev–Trinajstić information content (AvgIpc) is 2.59. The summed E-state index contributed by atoms with van der Waals surface area (Å²) < 4.78 is 15.4. The predicted octanol–water partition coefficient (Wildman–Crippen LogP) is 0.576. The number of hydrogen-bond acceptors (Lipinski definition) is 7. The monoisotopic (exact) mass is 252 g/mol. The SMILES string of the molecule is Nc1nc(/C(=N/OCCF)C(=O)Cl)ns1. The van der Waals surface area contributed by atoms with Gasteiger partial charge in [0.15, 0.2) is 5.13 Å². The third-order valence-electron chi connectivity index (χ3n) is 1.16. The van der Waals surface area contributed by atoms with Gasteiger partial charge < -0.3 is 10.6 Å². The van der Waals surface area contributed by atoms with Crippen molar-refractivity contribution in [2.24, 2.45) is 5.16 Å². The molecule has 0 fully saturated rings. The lowest BCUT2D eigenvalue weighted by molar-refractivity contribution is -0.106. The summed E-state index contributed by atoms with van der Waals surface area (Å²) in [4.78, 5) is 19.0. The van der Waals surface area contributed by atoms with Crippen molar-refractivity contribution in [3.05, 3.63) is 5.82 Å². The van der Waals surface area contributed by atoms with Gasteiger partial charge in [0.05, 0.1) is 0 Å². The summed E-state index contributed by atoms with van der Waals surface area (Å²) in [5, 5.41) is 2.59. The predicted molar refractivity (Wildman–Crippen MR) is 53.6 cm³/mol. The number of nitrogens with zero attached hydrogens (tertiary/aromatic N) is 3. The smallest absolute Gasteiger partial charge is 0.278 e. The zero-order chi connectivity index (χ0) is 11.3. The van der Waals surface area contributed by atoms with Gasteiger partial charge in [0.25, 0.3) is 5.24 Å². The molecule has 0 aromatic carbocycles. The first-order valence-electron chi connectivity index (χ1n) is 3.70. The molecule has 0 atom stereocenters. The fourth-order valence-electron chi connectivity index (χ4n) is 0.641. The van der Waals surface area contributed by atoms with Crippen LogP contribution in [0.1, 0.15) is 5.82 Å².